The van der Waals surface area contributed by atoms with Gasteiger partial charge in [-0.25, -0.2) is 0 Å². The van der Waals surface area contributed by atoms with Gasteiger partial charge in [-0.3, -0.25) is 0 Å². The van der Waals surface area contributed by atoms with Crippen LogP contribution in [0.2, 0.25) is 0 Å². The highest BCUT2D eigenvalue weighted by atomic mass is 19.3. The molecule has 14 heavy (non-hydrogen) atoms. The van der Waals surface area contributed by atoms with Gasteiger partial charge in [-0.2, -0.15) is 14.0 Å². The van der Waals surface area contributed by atoms with Crippen molar-refractivity contribution in [3.8, 4) is 11.8 Å². The summed E-state index contributed by atoms with van der Waals surface area (Å²) in [5.74, 6) is -0.00566. The Morgan fingerprint density at radius 1 is 1.29 bits per heavy atom. The highest BCUT2D eigenvalue weighted by Crippen LogP contribution is 2.18. The molecule has 0 aromatic heterocycles. The van der Waals surface area contributed by atoms with Crippen LogP contribution in [-0.4, -0.2) is 11.7 Å². The molecule has 0 saturated carbocycles. The average Bonchev–Trinajstić information content (AvgIpc) is 2.17. The first kappa shape index (κ1) is 10.4. The molecule has 0 spiro atoms. The van der Waals surface area contributed by atoms with E-state index in [4.69, 9.17) is 10.4 Å². The fraction of sp³-hybridized carbons (Fsp3) is 0.222. The predicted octanol–water partition coefficient (Wildman–Crippen LogP) is 1.84. The van der Waals surface area contributed by atoms with E-state index in [0.717, 1.165) is 0 Å². The second-order valence-electron chi connectivity index (χ2n) is 2.48. The van der Waals surface area contributed by atoms with Crippen LogP contribution in [-0.2, 0) is 0 Å². The van der Waals surface area contributed by atoms with E-state index in [2.05, 4.69) is 4.74 Å². The minimum absolute atomic E-state index is 0.00566. The molecule has 1 atom stereocenters. The first-order valence-electron chi connectivity index (χ1n) is 3.76. The smallest absolute Gasteiger partial charge is 0.387 e. The first-order valence-corrected chi connectivity index (χ1v) is 3.76. The Hall–Kier alpha value is -1.67. The van der Waals surface area contributed by atoms with E-state index < -0.39 is 12.7 Å². The second kappa shape index (κ2) is 4.53. The fourth-order valence-electron chi connectivity index (χ4n) is 0.906. The van der Waals surface area contributed by atoms with Crippen LogP contribution in [0.15, 0.2) is 24.3 Å². The van der Waals surface area contributed by atoms with Gasteiger partial charge < -0.3 is 9.84 Å². The number of hydrogen-bond acceptors (Lipinski definition) is 3. The third kappa shape index (κ3) is 2.68. The summed E-state index contributed by atoms with van der Waals surface area (Å²) in [5.41, 5.74) is 0.342. The predicted molar refractivity (Wildman–Crippen MR) is 43.6 cm³/mol. The number of aliphatic hydroxyl groups is 1. The molecule has 1 N–H and O–H groups in total. The van der Waals surface area contributed by atoms with Gasteiger partial charge in [0.05, 0.1) is 6.07 Å². The molecule has 5 heteroatoms. The first-order chi connectivity index (χ1) is 6.63. The molecule has 0 fully saturated rings. The maximum Gasteiger partial charge on any atom is 0.387 e. The van der Waals surface area contributed by atoms with E-state index in [1.54, 1.807) is 6.07 Å². The lowest BCUT2D eigenvalue weighted by atomic mass is 10.1. The number of alkyl halides is 2. The van der Waals surface area contributed by atoms with Gasteiger partial charge in [-0.1, -0.05) is 12.1 Å². The number of nitriles is 1. The van der Waals surface area contributed by atoms with Crippen molar-refractivity contribution in [3.63, 3.8) is 0 Å². The second-order valence-corrected chi connectivity index (χ2v) is 2.48. The average molecular weight is 199 g/mol. The number of ether oxygens (including phenoxy) is 1. The van der Waals surface area contributed by atoms with Crippen LogP contribution in [0, 0.1) is 11.3 Å². The summed E-state index contributed by atoms with van der Waals surface area (Å²) >= 11 is 0. The van der Waals surface area contributed by atoms with Gasteiger partial charge in [0.15, 0.2) is 6.10 Å². The molecule has 0 radical (unpaired) electrons. The van der Waals surface area contributed by atoms with E-state index in [9.17, 15) is 8.78 Å². The molecule has 3 nitrogen and oxygen atoms in total. The molecule has 0 aliphatic rings. The van der Waals surface area contributed by atoms with Crippen molar-refractivity contribution in [2.24, 2.45) is 0 Å². The molecule has 1 aromatic carbocycles. The highest BCUT2D eigenvalue weighted by molar-refractivity contribution is 5.30. The third-order valence-electron chi connectivity index (χ3n) is 1.54. The molecule has 1 aromatic rings. The number of halogens is 2. The number of aliphatic hydroxyl groups excluding tert-OH is 1. The van der Waals surface area contributed by atoms with Crippen LogP contribution in [0.3, 0.4) is 0 Å². The van der Waals surface area contributed by atoms with Gasteiger partial charge in [0.2, 0.25) is 0 Å². The van der Waals surface area contributed by atoms with E-state index in [0.29, 0.717) is 5.56 Å². The van der Waals surface area contributed by atoms with Crippen LogP contribution >= 0.6 is 0 Å². The minimum atomic E-state index is -2.87. The van der Waals surface area contributed by atoms with Crippen molar-refractivity contribution in [1.29, 1.82) is 5.26 Å². The number of nitrogens with zero attached hydrogens (tertiary/aromatic N) is 1. The Bertz CT molecular complexity index is 332. The van der Waals surface area contributed by atoms with Crippen LogP contribution in [0.1, 0.15) is 11.7 Å². The van der Waals surface area contributed by atoms with E-state index in [1.807, 2.05) is 0 Å². The summed E-state index contributed by atoms with van der Waals surface area (Å²) in [5, 5.41) is 17.4. The van der Waals surface area contributed by atoms with Crippen LogP contribution in [0.5, 0.6) is 5.75 Å². The maximum atomic E-state index is 11.7. The van der Waals surface area contributed by atoms with Gasteiger partial charge in [0.25, 0.3) is 0 Å². The molecule has 0 amide bonds. The number of rotatable bonds is 3. The van der Waals surface area contributed by atoms with Crippen LogP contribution in [0.4, 0.5) is 8.78 Å². The number of hydrogen-bond donors (Lipinski definition) is 1. The monoisotopic (exact) mass is 199 g/mol. The lowest BCUT2D eigenvalue weighted by molar-refractivity contribution is -0.0498. The Kier molecular flexibility index (Phi) is 3.37. The Balaban J connectivity index is 2.74. The Labute approximate surface area is 79.2 Å². The normalized spacial score (nSPS) is 12.2. The summed E-state index contributed by atoms with van der Waals surface area (Å²) < 4.78 is 27.5. The van der Waals surface area contributed by atoms with Crippen molar-refractivity contribution in [3.05, 3.63) is 29.8 Å². The molecule has 1 rings (SSSR count). The topological polar surface area (TPSA) is 53.2 Å². The maximum absolute atomic E-state index is 11.7. The lowest BCUT2D eigenvalue weighted by Crippen LogP contribution is -2.02. The summed E-state index contributed by atoms with van der Waals surface area (Å²) in [7, 11) is 0. The Morgan fingerprint density at radius 3 is 2.29 bits per heavy atom. The van der Waals surface area contributed by atoms with Gasteiger partial charge >= 0.3 is 6.61 Å². The third-order valence-corrected chi connectivity index (χ3v) is 1.54. The quantitative estimate of drug-likeness (QED) is 0.755. The lowest BCUT2D eigenvalue weighted by Gasteiger charge is -2.05. The van der Waals surface area contributed by atoms with Crippen LogP contribution in [0.25, 0.3) is 0 Å². The summed E-state index contributed by atoms with van der Waals surface area (Å²) in [6.07, 6.45) is -1.24. The number of benzene rings is 1. The van der Waals surface area contributed by atoms with Gasteiger partial charge in [0.1, 0.15) is 5.75 Å². The molecule has 0 aliphatic heterocycles. The minimum Gasteiger partial charge on any atom is -0.435 e. The molecule has 0 heterocycles. The van der Waals surface area contributed by atoms with Crippen LogP contribution < -0.4 is 4.74 Å². The Morgan fingerprint density at radius 2 is 1.86 bits per heavy atom. The van der Waals surface area contributed by atoms with Crippen molar-refractivity contribution < 1.29 is 18.6 Å². The van der Waals surface area contributed by atoms with E-state index in [-0.39, 0.29) is 5.75 Å². The molecule has 0 aliphatic carbocycles. The SMILES string of the molecule is N#CC(O)c1ccc(OC(F)F)cc1. The largest absolute Gasteiger partial charge is 0.435 e. The zero-order chi connectivity index (χ0) is 10.6. The van der Waals surface area contributed by atoms with Gasteiger partial charge in [-0.15, -0.1) is 0 Å². The molecule has 74 valence electrons. The van der Waals surface area contributed by atoms with Crippen molar-refractivity contribution in [2.75, 3.05) is 0 Å². The van der Waals surface area contributed by atoms with Crippen molar-refractivity contribution in [2.45, 2.75) is 12.7 Å². The molecule has 1 unspecified atom stereocenters. The van der Waals surface area contributed by atoms with Crippen molar-refractivity contribution in [1.82, 2.24) is 0 Å². The molecular formula is C9H7F2NO2. The molecule has 0 saturated heterocycles. The van der Waals surface area contributed by atoms with Crippen molar-refractivity contribution >= 4 is 0 Å². The van der Waals surface area contributed by atoms with Gasteiger partial charge in [0, 0.05) is 0 Å². The summed E-state index contributed by atoms with van der Waals surface area (Å²) in [4.78, 5) is 0. The zero-order valence-corrected chi connectivity index (χ0v) is 7.02. The highest BCUT2D eigenvalue weighted by Gasteiger charge is 2.07. The van der Waals surface area contributed by atoms with Gasteiger partial charge in [-0.05, 0) is 17.7 Å². The summed E-state index contributed by atoms with van der Waals surface area (Å²) in [6, 6.07) is 6.85. The molecular weight excluding hydrogens is 192 g/mol. The zero-order valence-electron chi connectivity index (χ0n) is 7.02. The summed E-state index contributed by atoms with van der Waals surface area (Å²) in [6.45, 7) is -2.87. The molecule has 0 bridgehead atoms. The fourth-order valence-corrected chi connectivity index (χ4v) is 0.906. The van der Waals surface area contributed by atoms with E-state index >= 15 is 0 Å². The standard InChI is InChI=1S/C9H7F2NO2/c10-9(11)14-7-3-1-6(2-4-7)8(13)5-12/h1-4,8-9,13H. The van der Waals surface area contributed by atoms with E-state index in [1.165, 1.54) is 24.3 Å².